The van der Waals surface area contributed by atoms with E-state index in [0.29, 0.717) is 36.5 Å². The van der Waals surface area contributed by atoms with Crippen molar-refractivity contribution in [1.29, 1.82) is 0 Å². The van der Waals surface area contributed by atoms with Crippen molar-refractivity contribution in [3.05, 3.63) is 44.9 Å². The average molecular weight is 347 g/mol. The van der Waals surface area contributed by atoms with E-state index in [1.807, 2.05) is 18.4 Å². The van der Waals surface area contributed by atoms with E-state index >= 15 is 0 Å². The lowest BCUT2D eigenvalue weighted by Crippen LogP contribution is -2.17. The number of aromatic amines is 1. The molecule has 1 aliphatic rings. The van der Waals surface area contributed by atoms with Gasteiger partial charge in [0.25, 0.3) is 0 Å². The Balaban J connectivity index is 1.77. The predicted octanol–water partition coefficient (Wildman–Crippen LogP) is 3.49. The summed E-state index contributed by atoms with van der Waals surface area (Å²) in [6.45, 7) is 4.87. The van der Waals surface area contributed by atoms with Gasteiger partial charge in [0.05, 0.1) is 6.61 Å². The smallest absolute Gasteiger partial charge is 0.355 e. The third-order valence-electron chi connectivity index (χ3n) is 4.30. The van der Waals surface area contributed by atoms with E-state index in [1.54, 1.807) is 18.3 Å². The summed E-state index contributed by atoms with van der Waals surface area (Å²) in [7, 11) is 0. The van der Waals surface area contributed by atoms with Crippen LogP contribution >= 0.6 is 11.3 Å². The molecule has 128 valence electrons. The minimum atomic E-state index is -0.429. The SMILES string of the molecule is CCOCCOC(=O)c1[nH]c2c(c1C)C(=O)C[C@H](c1cccs1)C2. The number of ether oxygens (including phenoxy) is 2. The first-order chi connectivity index (χ1) is 11.6. The fourth-order valence-corrected chi connectivity index (χ4v) is 4.00. The number of Topliss-reactive ketones (excluding diaryl/α,β-unsaturated/α-hetero) is 1. The normalized spacial score (nSPS) is 16.9. The number of rotatable bonds is 6. The van der Waals surface area contributed by atoms with Crippen molar-refractivity contribution in [2.24, 2.45) is 0 Å². The van der Waals surface area contributed by atoms with Crippen molar-refractivity contribution < 1.29 is 19.1 Å². The first kappa shape index (κ1) is 16.9. The van der Waals surface area contributed by atoms with Gasteiger partial charge in [-0.15, -0.1) is 11.3 Å². The van der Waals surface area contributed by atoms with Gasteiger partial charge in [0.2, 0.25) is 0 Å². The fourth-order valence-electron chi connectivity index (χ4n) is 3.17. The highest BCUT2D eigenvalue weighted by atomic mass is 32.1. The van der Waals surface area contributed by atoms with Crippen LogP contribution in [0.3, 0.4) is 0 Å². The Kier molecular flexibility index (Phi) is 5.16. The number of hydrogen-bond donors (Lipinski definition) is 1. The van der Waals surface area contributed by atoms with Gasteiger partial charge in [0.15, 0.2) is 5.78 Å². The number of esters is 1. The zero-order valence-corrected chi connectivity index (χ0v) is 14.7. The van der Waals surface area contributed by atoms with Crippen molar-refractivity contribution >= 4 is 23.1 Å². The van der Waals surface area contributed by atoms with Crippen LogP contribution in [0, 0.1) is 6.92 Å². The second-order valence-electron chi connectivity index (χ2n) is 5.86. The molecule has 0 unspecified atom stereocenters. The van der Waals surface area contributed by atoms with Crippen LogP contribution in [-0.4, -0.2) is 36.6 Å². The molecular formula is C18H21NO4S. The lowest BCUT2D eigenvalue weighted by atomic mass is 9.84. The minimum absolute atomic E-state index is 0.0942. The molecule has 24 heavy (non-hydrogen) atoms. The van der Waals surface area contributed by atoms with E-state index < -0.39 is 5.97 Å². The number of nitrogens with one attached hydrogen (secondary N) is 1. The Morgan fingerprint density at radius 1 is 1.38 bits per heavy atom. The molecule has 0 aliphatic heterocycles. The average Bonchev–Trinajstić information content (AvgIpc) is 3.20. The Hall–Kier alpha value is -1.92. The molecule has 0 bridgehead atoms. The van der Waals surface area contributed by atoms with Gasteiger partial charge in [-0.3, -0.25) is 4.79 Å². The number of aromatic nitrogens is 1. The summed E-state index contributed by atoms with van der Waals surface area (Å²) in [5, 5.41) is 2.02. The maximum atomic E-state index is 12.6. The van der Waals surface area contributed by atoms with E-state index in [4.69, 9.17) is 9.47 Å². The van der Waals surface area contributed by atoms with Crippen LogP contribution in [0.5, 0.6) is 0 Å². The van der Waals surface area contributed by atoms with Crippen LogP contribution in [0.2, 0.25) is 0 Å². The van der Waals surface area contributed by atoms with Crippen LogP contribution in [-0.2, 0) is 15.9 Å². The van der Waals surface area contributed by atoms with E-state index in [2.05, 4.69) is 11.1 Å². The number of fused-ring (bicyclic) bond motifs is 1. The van der Waals surface area contributed by atoms with E-state index in [-0.39, 0.29) is 18.3 Å². The molecule has 0 aromatic carbocycles. The van der Waals surface area contributed by atoms with Gasteiger partial charge in [0.1, 0.15) is 12.3 Å². The highest BCUT2D eigenvalue weighted by Gasteiger charge is 2.32. The first-order valence-corrected chi connectivity index (χ1v) is 9.02. The molecule has 0 fully saturated rings. The maximum Gasteiger partial charge on any atom is 0.355 e. The highest BCUT2D eigenvalue weighted by Crippen LogP contribution is 2.36. The third kappa shape index (κ3) is 3.30. The van der Waals surface area contributed by atoms with Gasteiger partial charge in [-0.05, 0) is 37.3 Å². The molecule has 0 spiro atoms. The molecule has 0 radical (unpaired) electrons. The summed E-state index contributed by atoms with van der Waals surface area (Å²) >= 11 is 1.67. The molecule has 6 heteroatoms. The molecule has 1 atom stereocenters. The molecule has 2 aromatic rings. The second-order valence-corrected chi connectivity index (χ2v) is 6.83. The Morgan fingerprint density at radius 3 is 2.92 bits per heavy atom. The first-order valence-electron chi connectivity index (χ1n) is 8.14. The molecule has 0 saturated carbocycles. The quantitative estimate of drug-likeness (QED) is 0.641. The largest absolute Gasteiger partial charge is 0.459 e. The van der Waals surface area contributed by atoms with E-state index in [0.717, 1.165) is 12.1 Å². The van der Waals surface area contributed by atoms with Gasteiger partial charge < -0.3 is 14.5 Å². The van der Waals surface area contributed by atoms with Crippen LogP contribution in [0.4, 0.5) is 0 Å². The van der Waals surface area contributed by atoms with Crippen molar-refractivity contribution in [3.8, 4) is 0 Å². The monoisotopic (exact) mass is 347 g/mol. The van der Waals surface area contributed by atoms with Crippen LogP contribution in [0.1, 0.15) is 56.2 Å². The maximum absolute atomic E-state index is 12.6. The van der Waals surface area contributed by atoms with Crippen molar-refractivity contribution in [2.75, 3.05) is 19.8 Å². The Bertz CT molecular complexity index is 733. The summed E-state index contributed by atoms with van der Waals surface area (Å²) in [5.41, 5.74) is 2.59. The van der Waals surface area contributed by atoms with Gasteiger partial charge in [-0.2, -0.15) is 0 Å². The third-order valence-corrected chi connectivity index (χ3v) is 5.34. The summed E-state index contributed by atoms with van der Waals surface area (Å²) in [6, 6.07) is 4.06. The number of ketones is 1. The number of H-pyrrole nitrogens is 1. The van der Waals surface area contributed by atoms with Gasteiger partial charge in [-0.25, -0.2) is 4.79 Å². The zero-order chi connectivity index (χ0) is 17.1. The molecular weight excluding hydrogens is 326 g/mol. The van der Waals surface area contributed by atoms with Crippen LogP contribution in [0.25, 0.3) is 0 Å². The summed E-state index contributed by atoms with van der Waals surface area (Å²) in [4.78, 5) is 29.1. The van der Waals surface area contributed by atoms with Crippen molar-refractivity contribution in [3.63, 3.8) is 0 Å². The van der Waals surface area contributed by atoms with E-state index in [1.165, 1.54) is 4.88 Å². The Labute approximate surface area is 145 Å². The van der Waals surface area contributed by atoms with Crippen LogP contribution < -0.4 is 0 Å². The summed E-state index contributed by atoms with van der Waals surface area (Å²) < 4.78 is 10.4. The van der Waals surface area contributed by atoms with Crippen molar-refractivity contribution in [2.45, 2.75) is 32.6 Å². The molecule has 1 N–H and O–H groups in total. The standard InChI is InChI=1S/C18H21NO4S/c1-3-22-6-7-23-18(21)17-11(2)16-13(19-17)9-12(10-14(16)20)15-5-4-8-24-15/h4-5,8,12,19H,3,6-7,9-10H2,1-2H3/t12-/m1/s1. The molecule has 0 amide bonds. The zero-order valence-electron chi connectivity index (χ0n) is 13.9. The molecule has 3 rings (SSSR count). The number of hydrogen-bond acceptors (Lipinski definition) is 5. The second kappa shape index (κ2) is 7.32. The lowest BCUT2D eigenvalue weighted by molar-refractivity contribution is 0.0329. The molecule has 1 aliphatic carbocycles. The highest BCUT2D eigenvalue weighted by molar-refractivity contribution is 7.10. The van der Waals surface area contributed by atoms with Gasteiger partial charge >= 0.3 is 5.97 Å². The number of carbonyl (C=O) groups is 2. The van der Waals surface area contributed by atoms with E-state index in [9.17, 15) is 9.59 Å². The van der Waals surface area contributed by atoms with Crippen molar-refractivity contribution in [1.82, 2.24) is 4.98 Å². The minimum Gasteiger partial charge on any atom is -0.459 e. The summed E-state index contributed by atoms with van der Waals surface area (Å²) in [5.74, 6) is -0.149. The summed E-state index contributed by atoms with van der Waals surface area (Å²) in [6.07, 6.45) is 1.24. The number of thiophene rings is 1. The van der Waals surface area contributed by atoms with Gasteiger partial charge in [-0.1, -0.05) is 6.07 Å². The predicted molar refractivity (Wildman–Crippen MR) is 92.0 cm³/mol. The molecule has 2 aromatic heterocycles. The molecule has 2 heterocycles. The van der Waals surface area contributed by atoms with Crippen LogP contribution in [0.15, 0.2) is 17.5 Å². The molecule has 5 nitrogen and oxygen atoms in total. The number of carbonyl (C=O) groups excluding carboxylic acids is 2. The lowest BCUT2D eigenvalue weighted by Gasteiger charge is -2.20. The molecule has 0 saturated heterocycles. The Morgan fingerprint density at radius 2 is 2.21 bits per heavy atom. The fraction of sp³-hybridized carbons (Fsp3) is 0.444. The van der Waals surface area contributed by atoms with Gasteiger partial charge in [0, 0.05) is 35.1 Å². The topological polar surface area (TPSA) is 68.4 Å².